The van der Waals surface area contributed by atoms with E-state index in [-0.39, 0.29) is 5.78 Å². The molecule has 0 aliphatic rings. The van der Waals surface area contributed by atoms with Crippen LogP contribution in [0.1, 0.15) is 31.1 Å². The zero-order chi connectivity index (χ0) is 17.0. The van der Waals surface area contributed by atoms with Gasteiger partial charge in [-0.25, -0.2) is 0 Å². The molecule has 2 atom stereocenters. The Kier molecular flexibility index (Phi) is 5.38. The van der Waals surface area contributed by atoms with Crippen molar-refractivity contribution >= 4 is 16.6 Å². The molecule has 0 aliphatic carbocycles. The number of allylic oxidation sites excluding steroid dienone is 2. The lowest BCUT2D eigenvalue weighted by Crippen LogP contribution is -2.14. The fourth-order valence-electron chi connectivity index (χ4n) is 2.31. The van der Waals surface area contributed by atoms with E-state index in [1.807, 2.05) is 42.5 Å². The molecular weight excluding hydrogens is 284 g/mol. The molecule has 2 heteroatoms. The Hall–Kier alpha value is -2.35. The minimum Gasteiger partial charge on any atom is -0.493 e. The molecule has 2 aromatic carbocycles. The van der Waals surface area contributed by atoms with Crippen molar-refractivity contribution in [1.29, 1.82) is 0 Å². The number of Topliss-reactive ketones (excluding diaryl/α,β-unsaturated/α-hetero) is 1. The second-order valence-corrected chi connectivity index (χ2v) is 6.22. The van der Waals surface area contributed by atoms with Gasteiger partial charge in [-0.15, -0.1) is 6.58 Å². The molecule has 0 saturated carbocycles. The van der Waals surface area contributed by atoms with Crippen molar-refractivity contribution < 1.29 is 9.53 Å². The van der Waals surface area contributed by atoms with Gasteiger partial charge in [0.25, 0.3) is 0 Å². The molecule has 0 aliphatic heterocycles. The molecule has 0 saturated heterocycles. The summed E-state index contributed by atoms with van der Waals surface area (Å²) in [6.45, 7) is 14.2. The number of hydrogen-bond donors (Lipinski definition) is 0. The molecule has 0 N–H and O–H groups in total. The summed E-state index contributed by atoms with van der Waals surface area (Å²) in [7, 11) is 0. The summed E-state index contributed by atoms with van der Waals surface area (Å²) in [4.78, 5) is 12.0. The molecule has 0 fully saturated rings. The maximum atomic E-state index is 12.0. The van der Waals surface area contributed by atoms with Gasteiger partial charge in [0.2, 0.25) is 0 Å². The number of fused-ring (bicyclic) bond motifs is 1. The van der Waals surface area contributed by atoms with E-state index in [9.17, 15) is 4.79 Å². The number of rotatable bonds is 7. The van der Waals surface area contributed by atoms with E-state index >= 15 is 0 Å². The predicted octanol–water partition coefficient (Wildman–Crippen LogP) is 5.44. The van der Waals surface area contributed by atoms with E-state index in [1.54, 1.807) is 6.92 Å². The van der Waals surface area contributed by atoms with Crippen LogP contribution < -0.4 is 4.74 Å². The van der Waals surface area contributed by atoms with E-state index in [4.69, 9.17) is 4.74 Å². The smallest absolute Gasteiger partial charge is 0.188 e. The van der Waals surface area contributed by atoms with E-state index in [0.717, 1.165) is 16.5 Å². The Morgan fingerprint density at radius 1 is 1.17 bits per heavy atom. The SMILES string of the molecule is C=CC(C)[C@H](C)COc1ccc2cc(C(=O)C(=C)C)ccc2c1. The van der Waals surface area contributed by atoms with Crippen LogP contribution in [0.2, 0.25) is 0 Å². The third-order valence-electron chi connectivity index (χ3n) is 4.24. The van der Waals surface area contributed by atoms with Gasteiger partial charge in [-0.3, -0.25) is 4.79 Å². The normalized spacial score (nSPS) is 13.3. The molecule has 2 rings (SSSR count). The first-order valence-electron chi connectivity index (χ1n) is 7.91. The Morgan fingerprint density at radius 2 is 1.83 bits per heavy atom. The van der Waals surface area contributed by atoms with Crippen LogP contribution in [0.4, 0.5) is 0 Å². The summed E-state index contributed by atoms with van der Waals surface area (Å²) in [6, 6.07) is 11.6. The van der Waals surface area contributed by atoms with Gasteiger partial charge in [0.05, 0.1) is 6.61 Å². The zero-order valence-electron chi connectivity index (χ0n) is 14.1. The number of carbonyl (C=O) groups is 1. The van der Waals surface area contributed by atoms with E-state index in [1.165, 1.54) is 0 Å². The summed E-state index contributed by atoms with van der Waals surface area (Å²) in [5.41, 5.74) is 1.22. The Bertz CT molecular complexity index is 743. The van der Waals surface area contributed by atoms with Gasteiger partial charge in [-0.05, 0) is 53.3 Å². The highest BCUT2D eigenvalue weighted by atomic mass is 16.5. The fourth-order valence-corrected chi connectivity index (χ4v) is 2.31. The monoisotopic (exact) mass is 308 g/mol. The van der Waals surface area contributed by atoms with Gasteiger partial charge in [-0.2, -0.15) is 0 Å². The summed E-state index contributed by atoms with van der Waals surface area (Å²) in [6.07, 6.45) is 1.95. The lowest BCUT2D eigenvalue weighted by molar-refractivity contribution is 0.103. The molecule has 23 heavy (non-hydrogen) atoms. The molecular formula is C21H24O2. The second-order valence-electron chi connectivity index (χ2n) is 6.22. The van der Waals surface area contributed by atoms with Gasteiger partial charge < -0.3 is 4.74 Å². The molecule has 2 aromatic rings. The quantitative estimate of drug-likeness (QED) is 0.387. The van der Waals surface area contributed by atoms with Crippen LogP contribution in [-0.2, 0) is 0 Å². The molecule has 0 spiro atoms. The lowest BCUT2D eigenvalue weighted by atomic mass is 9.97. The van der Waals surface area contributed by atoms with Gasteiger partial charge in [0, 0.05) is 5.56 Å². The van der Waals surface area contributed by atoms with Crippen LogP contribution in [0, 0.1) is 11.8 Å². The third kappa shape index (κ3) is 4.10. The number of benzene rings is 2. The van der Waals surface area contributed by atoms with E-state index in [0.29, 0.717) is 29.6 Å². The first-order chi connectivity index (χ1) is 10.9. The van der Waals surface area contributed by atoms with Gasteiger partial charge in [0.1, 0.15) is 5.75 Å². The second kappa shape index (κ2) is 7.28. The summed E-state index contributed by atoms with van der Waals surface area (Å²) >= 11 is 0. The molecule has 0 heterocycles. The number of ketones is 1. The number of carbonyl (C=O) groups excluding carboxylic acids is 1. The van der Waals surface area contributed by atoms with Crippen LogP contribution in [0.25, 0.3) is 10.8 Å². The molecule has 0 amide bonds. The van der Waals surface area contributed by atoms with Crippen molar-refractivity contribution in [3.63, 3.8) is 0 Å². The highest BCUT2D eigenvalue weighted by Gasteiger charge is 2.10. The van der Waals surface area contributed by atoms with Crippen LogP contribution >= 0.6 is 0 Å². The van der Waals surface area contributed by atoms with Gasteiger partial charge in [-0.1, -0.05) is 44.7 Å². The van der Waals surface area contributed by atoms with Crippen molar-refractivity contribution in [2.45, 2.75) is 20.8 Å². The third-order valence-corrected chi connectivity index (χ3v) is 4.24. The van der Waals surface area contributed by atoms with Gasteiger partial charge in [0.15, 0.2) is 5.78 Å². The van der Waals surface area contributed by atoms with E-state index in [2.05, 4.69) is 27.0 Å². The molecule has 0 radical (unpaired) electrons. The highest BCUT2D eigenvalue weighted by molar-refractivity contribution is 6.09. The molecule has 2 nitrogen and oxygen atoms in total. The maximum Gasteiger partial charge on any atom is 0.188 e. The highest BCUT2D eigenvalue weighted by Crippen LogP contribution is 2.24. The summed E-state index contributed by atoms with van der Waals surface area (Å²) in [5, 5.41) is 2.09. The van der Waals surface area contributed by atoms with Crippen molar-refractivity contribution in [3.05, 3.63) is 66.8 Å². The van der Waals surface area contributed by atoms with Crippen molar-refractivity contribution in [2.24, 2.45) is 11.8 Å². The lowest BCUT2D eigenvalue weighted by Gasteiger charge is -2.17. The minimum atomic E-state index is -0.0144. The molecule has 0 bridgehead atoms. The van der Waals surface area contributed by atoms with Crippen molar-refractivity contribution in [2.75, 3.05) is 6.61 Å². The largest absolute Gasteiger partial charge is 0.493 e. The average molecular weight is 308 g/mol. The first kappa shape index (κ1) is 17.0. The van der Waals surface area contributed by atoms with Crippen molar-refractivity contribution in [3.8, 4) is 5.75 Å². The van der Waals surface area contributed by atoms with Gasteiger partial charge >= 0.3 is 0 Å². The molecule has 0 aromatic heterocycles. The van der Waals surface area contributed by atoms with Crippen LogP contribution in [0.15, 0.2) is 61.2 Å². The standard InChI is InChI=1S/C21H24O2/c1-6-15(4)16(5)13-23-20-10-9-17-11-19(21(22)14(2)3)8-7-18(17)12-20/h6-12,15-16H,1-2,13H2,3-5H3/t15?,16-/m1/s1. The number of hydrogen-bond acceptors (Lipinski definition) is 2. The van der Waals surface area contributed by atoms with Crippen LogP contribution in [-0.4, -0.2) is 12.4 Å². The zero-order valence-corrected chi connectivity index (χ0v) is 14.1. The Labute approximate surface area is 138 Å². The average Bonchev–Trinajstić information content (AvgIpc) is 2.57. The van der Waals surface area contributed by atoms with Crippen LogP contribution in [0.3, 0.4) is 0 Å². The minimum absolute atomic E-state index is 0.0144. The Balaban J connectivity index is 2.17. The number of ether oxygens (including phenoxy) is 1. The van der Waals surface area contributed by atoms with E-state index < -0.39 is 0 Å². The topological polar surface area (TPSA) is 26.3 Å². The molecule has 1 unspecified atom stereocenters. The van der Waals surface area contributed by atoms with Crippen molar-refractivity contribution in [1.82, 2.24) is 0 Å². The first-order valence-corrected chi connectivity index (χ1v) is 7.91. The predicted molar refractivity (Wildman–Crippen MR) is 97.1 cm³/mol. The van der Waals surface area contributed by atoms with Crippen LogP contribution in [0.5, 0.6) is 5.75 Å². The Morgan fingerprint density at radius 3 is 2.48 bits per heavy atom. The molecule has 120 valence electrons. The fraction of sp³-hybridized carbons (Fsp3) is 0.286. The summed E-state index contributed by atoms with van der Waals surface area (Å²) < 4.78 is 5.89. The maximum absolute atomic E-state index is 12.0. The summed E-state index contributed by atoms with van der Waals surface area (Å²) in [5.74, 6) is 1.67.